The lowest BCUT2D eigenvalue weighted by Gasteiger charge is -2.39. The van der Waals surface area contributed by atoms with Crippen LogP contribution in [0.5, 0.6) is 0 Å². The highest BCUT2D eigenvalue weighted by atomic mass is 35.5. The molecule has 3 nitrogen and oxygen atoms in total. The molecule has 2 aliphatic heterocycles. The average Bonchev–Trinajstić information content (AvgIpc) is 2.86. The first-order chi connectivity index (χ1) is 9.61. The maximum absolute atomic E-state index is 14.0. The molecule has 0 radical (unpaired) electrons. The molecule has 2 heterocycles. The van der Waals surface area contributed by atoms with Crippen LogP contribution in [-0.2, 0) is 9.47 Å². The topological polar surface area (TPSA) is 44.5 Å². The third kappa shape index (κ3) is 2.58. The second kappa shape index (κ2) is 5.60. The molecule has 1 aromatic carbocycles. The van der Waals surface area contributed by atoms with Crippen LogP contribution < -0.4 is 5.73 Å². The largest absolute Gasteiger partial charge is 0.378 e. The summed E-state index contributed by atoms with van der Waals surface area (Å²) in [4.78, 5) is 0. The van der Waals surface area contributed by atoms with E-state index in [0.29, 0.717) is 23.8 Å². The number of hydrogen-bond donors (Lipinski definition) is 1. The monoisotopic (exact) mass is 299 g/mol. The highest BCUT2D eigenvalue weighted by Gasteiger charge is 2.43. The minimum absolute atomic E-state index is 0.167. The number of benzene rings is 1. The molecular formula is C15H19ClFNO2. The molecule has 3 rings (SSSR count). The Hall–Kier alpha value is -0.680. The lowest BCUT2D eigenvalue weighted by Crippen LogP contribution is -2.43. The summed E-state index contributed by atoms with van der Waals surface area (Å²) >= 11 is 6.12. The van der Waals surface area contributed by atoms with Crippen LogP contribution in [0.2, 0.25) is 5.02 Å². The Morgan fingerprint density at radius 2 is 2.25 bits per heavy atom. The summed E-state index contributed by atoms with van der Waals surface area (Å²) in [6.07, 6.45) is 2.52. The van der Waals surface area contributed by atoms with Crippen molar-refractivity contribution in [2.75, 3.05) is 19.8 Å². The highest BCUT2D eigenvalue weighted by molar-refractivity contribution is 6.31. The molecule has 3 atom stereocenters. The van der Waals surface area contributed by atoms with E-state index in [1.54, 1.807) is 12.1 Å². The van der Waals surface area contributed by atoms with Crippen LogP contribution in [-0.4, -0.2) is 25.4 Å². The summed E-state index contributed by atoms with van der Waals surface area (Å²) in [6, 6.07) is 4.30. The fraction of sp³-hybridized carbons (Fsp3) is 0.600. The van der Waals surface area contributed by atoms with Crippen LogP contribution in [0, 0.1) is 11.7 Å². The molecule has 20 heavy (non-hydrogen) atoms. The van der Waals surface area contributed by atoms with Crippen molar-refractivity contribution in [3.8, 4) is 0 Å². The molecule has 2 N–H and O–H groups in total. The van der Waals surface area contributed by atoms with Crippen molar-refractivity contribution in [2.24, 2.45) is 11.7 Å². The Bertz CT molecular complexity index is 471. The molecule has 0 amide bonds. The van der Waals surface area contributed by atoms with E-state index in [1.165, 1.54) is 6.07 Å². The van der Waals surface area contributed by atoms with Gasteiger partial charge in [-0.1, -0.05) is 17.7 Å². The molecular weight excluding hydrogens is 281 g/mol. The van der Waals surface area contributed by atoms with Crippen LogP contribution in [0.15, 0.2) is 18.2 Å². The number of hydrogen-bond acceptors (Lipinski definition) is 3. The number of rotatable bonds is 2. The quantitative estimate of drug-likeness (QED) is 0.913. The first-order valence-electron chi connectivity index (χ1n) is 7.02. The summed E-state index contributed by atoms with van der Waals surface area (Å²) in [5.41, 5.74) is 6.50. The zero-order chi connectivity index (χ0) is 14.2. The molecule has 2 fully saturated rings. The first-order valence-corrected chi connectivity index (χ1v) is 7.40. The van der Waals surface area contributed by atoms with Gasteiger partial charge < -0.3 is 15.2 Å². The molecule has 0 aliphatic carbocycles. The van der Waals surface area contributed by atoms with Crippen molar-refractivity contribution in [3.63, 3.8) is 0 Å². The van der Waals surface area contributed by atoms with Gasteiger partial charge in [-0.2, -0.15) is 0 Å². The summed E-state index contributed by atoms with van der Waals surface area (Å²) in [5.74, 6) is -0.159. The van der Waals surface area contributed by atoms with Crippen molar-refractivity contribution in [2.45, 2.75) is 30.9 Å². The zero-order valence-electron chi connectivity index (χ0n) is 11.3. The summed E-state index contributed by atoms with van der Waals surface area (Å²) < 4.78 is 25.4. The van der Waals surface area contributed by atoms with E-state index >= 15 is 0 Å². The third-order valence-corrected chi connectivity index (χ3v) is 4.77. The van der Waals surface area contributed by atoms with E-state index in [9.17, 15) is 4.39 Å². The minimum Gasteiger partial charge on any atom is -0.378 e. The molecule has 2 aliphatic rings. The number of halogens is 2. The van der Waals surface area contributed by atoms with E-state index in [1.807, 2.05) is 0 Å². The molecule has 2 saturated heterocycles. The van der Waals surface area contributed by atoms with Gasteiger partial charge in [-0.25, -0.2) is 4.39 Å². The molecule has 1 spiro atoms. The van der Waals surface area contributed by atoms with Crippen LogP contribution in [0.25, 0.3) is 0 Å². The van der Waals surface area contributed by atoms with Gasteiger partial charge in [-0.15, -0.1) is 0 Å². The molecule has 5 heteroatoms. The van der Waals surface area contributed by atoms with Gasteiger partial charge in [-0.05, 0) is 30.9 Å². The first kappa shape index (κ1) is 14.3. The van der Waals surface area contributed by atoms with Crippen LogP contribution in [0.3, 0.4) is 0 Å². The smallest absolute Gasteiger partial charge is 0.129 e. The van der Waals surface area contributed by atoms with Crippen molar-refractivity contribution in [3.05, 3.63) is 34.6 Å². The predicted octanol–water partition coefficient (Wildman–Crippen LogP) is 3.06. The lowest BCUT2D eigenvalue weighted by molar-refractivity contribution is -0.101. The van der Waals surface area contributed by atoms with Crippen LogP contribution in [0.1, 0.15) is 30.9 Å². The Balaban J connectivity index is 1.81. The van der Waals surface area contributed by atoms with Crippen LogP contribution in [0.4, 0.5) is 4.39 Å². The van der Waals surface area contributed by atoms with Gasteiger partial charge in [0.25, 0.3) is 0 Å². The Labute approximate surface area is 123 Å². The summed E-state index contributed by atoms with van der Waals surface area (Å²) in [7, 11) is 0. The fourth-order valence-electron chi connectivity index (χ4n) is 3.30. The molecule has 3 unspecified atom stereocenters. The maximum Gasteiger partial charge on any atom is 0.129 e. The molecule has 1 aromatic rings. The van der Waals surface area contributed by atoms with Crippen molar-refractivity contribution in [1.82, 2.24) is 0 Å². The molecule has 0 saturated carbocycles. The van der Waals surface area contributed by atoms with Gasteiger partial charge in [0.15, 0.2) is 0 Å². The maximum atomic E-state index is 14.0. The summed E-state index contributed by atoms with van der Waals surface area (Å²) in [6.45, 7) is 1.98. The second-order valence-electron chi connectivity index (χ2n) is 5.75. The Kier molecular flexibility index (Phi) is 4.00. The molecule has 110 valence electrons. The van der Waals surface area contributed by atoms with Crippen LogP contribution >= 0.6 is 11.6 Å². The highest BCUT2D eigenvalue weighted by Crippen LogP contribution is 2.41. The lowest BCUT2D eigenvalue weighted by atomic mass is 9.79. The van der Waals surface area contributed by atoms with E-state index < -0.39 is 6.04 Å². The minimum atomic E-state index is -0.398. The second-order valence-corrected chi connectivity index (χ2v) is 6.16. The van der Waals surface area contributed by atoms with Gasteiger partial charge in [0.2, 0.25) is 0 Å². The zero-order valence-corrected chi connectivity index (χ0v) is 12.0. The predicted molar refractivity (Wildman–Crippen MR) is 75.2 cm³/mol. The number of ether oxygens (including phenoxy) is 2. The average molecular weight is 300 g/mol. The Morgan fingerprint density at radius 3 is 2.95 bits per heavy atom. The molecule has 0 bridgehead atoms. The van der Waals surface area contributed by atoms with Gasteiger partial charge in [-0.3, -0.25) is 0 Å². The SMILES string of the molecule is NC(c1c(F)cccc1Cl)C1CCOC2(CCOC2)C1. The van der Waals surface area contributed by atoms with E-state index in [2.05, 4.69) is 0 Å². The summed E-state index contributed by atoms with van der Waals surface area (Å²) in [5, 5.41) is 0.403. The third-order valence-electron chi connectivity index (χ3n) is 4.44. The van der Waals surface area contributed by atoms with Gasteiger partial charge in [0.1, 0.15) is 5.82 Å². The van der Waals surface area contributed by atoms with Gasteiger partial charge in [0.05, 0.1) is 12.2 Å². The Morgan fingerprint density at radius 1 is 1.40 bits per heavy atom. The van der Waals surface area contributed by atoms with Crippen molar-refractivity contribution in [1.29, 1.82) is 0 Å². The van der Waals surface area contributed by atoms with Crippen molar-refractivity contribution >= 4 is 11.6 Å². The van der Waals surface area contributed by atoms with Gasteiger partial charge in [0, 0.05) is 36.3 Å². The fourth-order valence-corrected chi connectivity index (χ4v) is 3.59. The molecule has 0 aromatic heterocycles. The van der Waals surface area contributed by atoms with Crippen molar-refractivity contribution < 1.29 is 13.9 Å². The number of nitrogens with two attached hydrogens (primary N) is 1. The van der Waals surface area contributed by atoms with E-state index in [0.717, 1.165) is 25.9 Å². The standard InChI is InChI=1S/C15H19ClFNO2/c16-11-2-1-3-12(17)13(11)14(18)10-4-6-20-15(8-10)5-7-19-9-15/h1-3,10,14H,4-9,18H2. The van der Waals surface area contributed by atoms with E-state index in [-0.39, 0.29) is 17.3 Å². The van der Waals surface area contributed by atoms with E-state index in [4.69, 9.17) is 26.8 Å². The normalized spacial score (nSPS) is 31.6. The van der Waals surface area contributed by atoms with Gasteiger partial charge >= 0.3 is 0 Å².